The third kappa shape index (κ3) is 3.74. The van der Waals surface area contributed by atoms with Gasteiger partial charge in [0.2, 0.25) is 6.79 Å². The Hall–Kier alpha value is -2.65. The number of carbonyl (C=O) groups excluding carboxylic acids is 1. The van der Waals surface area contributed by atoms with Crippen LogP contribution >= 0.6 is 11.3 Å². The Labute approximate surface area is 159 Å². The van der Waals surface area contributed by atoms with Gasteiger partial charge < -0.3 is 24.6 Å². The molecule has 0 spiro atoms. The first-order valence-corrected chi connectivity index (χ1v) is 9.47. The number of carboxylic acids is 1. The predicted molar refractivity (Wildman–Crippen MR) is 96.1 cm³/mol. The van der Waals surface area contributed by atoms with E-state index in [1.807, 2.05) is 12.1 Å². The highest BCUT2D eigenvalue weighted by molar-refractivity contribution is 7.13. The molecule has 2 aliphatic heterocycles. The molecule has 2 N–H and O–H groups in total. The Morgan fingerprint density at radius 3 is 2.93 bits per heavy atom. The number of hydrogen-bond donors (Lipinski definition) is 2. The first-order valence-electron chi connectivity index (χ1n) is 8.59. The van der Waals surface area contributed by atoms with Crippen molar-refractivity contribution in [3.63, 3.8) is 0 Å². The Morgan fingerprint density at radius 2 is 2.15 bits per heavy atom. The second-order valence-corrected chi connectivity index (χ2v) is 7.23. The molecule has 0 aliphatic carbocycles. The van der Waals surface area contributed by atoms with Crippen molar-refractivity contribution in [3.05, 3.63) is 29.3 Å². The molecular weight excluding hydrogens is 372 g/mol. The van der Waals surface area contributed by atoms with Crippen LogP contribution in [0.15, 0.2) is 23.6 Å². The number of aliphatic carboxylic acids is 1. The topological polar surface area (TPSA) is 107 Å². The number of carboxylic acid groups (broad SMARTS) is 1. The molecule has 1 aromatic carbocycles. The van der Waals surface area contributed by atoms with E-state index in [2.05, 4.69) is 10.3 Å². The van der Waals surface area contributed by atoms with Gasteiger partial charge in [0, 0.05) is 23.5 Å². The number of amides is 1. The van der Waals surface area contributed by atoms with Gasteiger partial charge in [-0.15, -0.1) is 11.3 Å². The maximum absolute atomic E-state index is 12.5. The summed E-state index contributed by atoms with van der Waals surface area (Å²) in [6.45, 7) is 1.14. The van der Waals surface area contributed by atoms with Crippen molar-refractivity contribution in [2.24, 2.45) is 5.92 Å². The van der Waals surface area contributed by atoms with E-state index in [1.165, 1.54) is 11.3 Å². The first kappa shape index (κ1) is 17.7. The molecule has 2 aromatic rings. The number of aromatic nitrogens is 1. The normalized spacial score (nSPS) is 19.5. The summed E-state index contributed by atoms with van der Waals surface area (Å²) in [7, 11) is 0. The highest BCUT2D eigenvalue weighted by Crippen LogP contribution is 2.36. The Morgan fingerprint density at radius 1 is 1.30 bits per heavy atom. The summed E-state index contributed by atoms with van der Waals surface area (Å²) in [6.07, 6.45) is 1.49. The van der Waals surface area contributed by atoms with E-state index in [1.54, 1.807) is 11.4 Å². The molecule has 8 nitrogen and oxygen atoms in total. The fourth-order valence-corrected chi connectivity index (χ4v) is 3.96. The van der Waals surface area contributed by atoms with E-state index in [9.17, 15) is 14.7 Å². The van der Waals surface area contributed by atoms with Crippen LogP contribution < -0.4 is 14.8 Å². The van der Waals surface area contributed by atoms with Gasteiger partial charge in [0.05, 0.1) is 6.61 Å². The molecular formula is C18H18N2O6S. The number of nitrogens with zero attached hydrogens (tertiary/aromatic N) is 1. The van der Waals surface area contributed by atoms with Crippen molar-refractivity contribution in [2.75, 3.05) is 20.0 Å². The molecule has 9 heteroatoms. The maximum atomic E-state index is 12.5. The minimum Gasteiger partial charge on any atom is -0.480 e. The lowest BCUT2D eigenvalue weighted by Gasteiger charge is -2.27. The second kappa shape index (κ2) is 7.53. The van der Waals surface area contributed by atoms with Gasteiger partial charge in [0.1, 0.15) is 16.7 Å². The highest BCUT2D eigenvalue weighted by Gasteiger charge is 2.32. The minimum absolute atomic E-state index is 0.186. The summed E-state index contributed by atoms with van der Waals surface area (Å²) >= 11 is 1.31. The summed E-state index contributed by atoms with van der Waals surface area (Å²) in [4.78, 5) is 28.5. The first-order chi connectivity index (χ1) is 13.1. The SMILES string of the molecule is O=C(NC(C(=O)O)C1CCCOC1)c1csc(-c2ccc3c(c2)OCO3)n1. The van der Waals surface area contributed by atoms with Gasteiger partial charge in [0.25, 0.3) is 5.91 Å². The van der Waals surface area contributed by atoms with Gasteiger partial charge in [-0.05, 0) is 31.0 Å². The van der Waals surface area contributed by atoms with Crippen LogP contribution in [0.5, 0.6) is 11.5 Å². The standard InChI is InChI=1S/C18H18N2O6S/c21-16(20-15(18(22)23)11-2-1-5-24-7-11)12-8-27-17(19-12)10-3-4-13-14(6-10)26-9-25-13/h3-4,6,8,11,15H,1-2,5,7,9H2,(H,20,21)(H,22,23). The number of fused-ring (bicyclic) bond motifs is 1. The van der Waals surface area contributed by atoms with Crippen LogP contribution in [0.1, 0.15) is 23.3 Å². The van der Waals surface area contributed by atoms with E-state index in [0.29, 0.717) is 36.1 Å². The van der Waals surface area contributed by atoms with Gasteiger partial charge in [-0.2, -0.15) is 0 Å². The van der Waals surface area contributed by atoms with Gasteiger partial charge in [-0.25, -0.2) is 9.78 Å². The lowest BCUT2D eigenvalue weighted by Crippen LogP contribution is -2.48. The molecule has 1 aromatic heterocycles. The molecule has 1 amide bonds. The van der Waals surface area contributed by atoms with Crippen molar-refractivity contribution in [1.82, 2.24) is 10.3 Å². The van der Waals surface area contributed by atoms with Crippen molar-refractivity contribution >= 4 is 23.2 Å². The zero-order chi connectivity index (χ0) is 18.8. The molecule has 142 valence electrons. The Bertz CT molecular complexity index is 861. The van der Waals surface area contributed by atoms with Crippen LogP contribution in [0.25, 0.3) is 10.6 Å². The van der Waals surface area contributed by atoms with E-state index < -0.39 is 17.9 Å². The Balaban J connectivity index is 1.48. The number of benzene rings is 1. The fourth-order valence-electron chi connectivity index (χ4n) is 3.17. The highest BCUT2D eigenvalue weighted by atomic mass is 32.1. The number of ether oxygens (including phenoxy) is 3. The maximum Gasteiger partial charge on any atom is 0.326 e. The van der Waals surface area contributed by atoms with Crippen molar-refractivity contribution in [2.45, 2.75) is 18.9 Å². The average molecular weight is 390 g/mol. The minimum atomic E-state index is -1.06. The molecule has 0 saturated carbocycles. The molecule has 1 saturated heterocycles. The molecule has 27 heavy (non-hydrogen) atoms. The molecule has 2 aliphatic rings. The largest absolute Gasteiger partial charge is 0.480 e. The summed E-state index contributed by atoms with van der Waals surface area (Å²) in [6, 6.07) is 4.45. The van der Waals surface area contributed by atoms with Crippen molar-refractivity contribution in [1.29, 1.82) is 0 Å². The zero-order valence-electron chi connectivity index (χ0n) is 14.3. The summed E-state index contributed by atoms with van der Waals surface area (Å²) in [5.41, 5.74) is 0.995. The fraction of sp³-hybridized carbons (Fsp3) is 0.389. The molecule has 0 bridgehead atoms. The van der Waals surface area contributed by atoms with Gasteiger partial charge in [-0.3, -0.25) is 4.79 Å². The summed E-state index contributed by atoms with van der Waals surface area (Å²) < 4.78 is 16.0. The van der Waals surface area contributed by atoms with Gasteiger partial charge >= 0.3 is 5.97 Å². The second-order valence-electron chi connectivity index (χ2n) is 6.37. The predicted octanol–water partition coefficient (Wildman–Crippen LogP) is 2.15. The molecule has 1 fully saturated rings. The van der Waals surface area contributed by atoms with Crippen LogP contribution in [0, 0.1) is 5.92 Å². The van der Waals surface area contributed by atoms with Crippen molar-refractivity contribution in [3.8, 4) is 22.1 Å². The summed E-state index contributed by atoms with van der Waals surface area (Å²) in [5.74, 6) is -0.502. The average Bonchev–Trinajstić information content (AvgIpc) is 3.35. The van der Waals surface area contributed by atoms with E-state index in [4.69, 9.17) is 14.2 Å². The number of nitrogens with one attached hydrogen (secondary N) is 1. The molecule has 4 rings (SSSR count). The third-order valence-corrected chi connectivity index (χ3v) is 5.47. The molecule has 0 radical (unpaired) electrons. The zero-order valence-corrected chi connectivity index (χ0v) is 15.2. The Kier molecular flexibility index (Phi) is 4.95. The van der Waals surface area contributed by atoms with E-state index in [0.717, 1.165) is 12.0 Å². The van der Waals surface area contributed by atoms with Gasteiger partial charge in [-0.1, -0.05) is 0 Å². The van der Waals surface area contributed by atoms with Crippen LogP contribution in [-0.4, -0.2) is 48.0 Å². The lowest BCUT2D eigenvalue weighted by molar-refractivity contribution is -0.142. The van der Waals surface area contributed by atoms with E-state index >= 15 is 0 Å². The van der Waals surface area contributed by atoms with Crippen LogP contribution in [0.3, 0.4) is 0 Å². The van der Waals surface area contributed by atoms with Crippen LogP contribution in [0.2, 0.25) is 0 Å². The quantitative estimate of drug-likeness (QED) is 0.805. The molecule has 3 heterocycles. The van der Waals surface area contributed by atoms with Crippen molar-refractivity contribution < 1.29 is 28.9 Å². The smallest absolute Gasteiger partial charge is 0.326 e. The molecule has 2 unspecified atom stereocenters. The lowest BCUT2D eigenvalue weighted by atomic mass is 9.93. The number of thiazole rings is 1. The van der Waals surface area contributed by atoms with E-state index in [-0.39, 0.29) is 18.4 Å². The number of rotatable bonds is 5. The number of carbonyl (C=O) groups is 2. The summed E-state index contributed by atoms with van der Waals surface area (Å²) in [5, 5.41) is 14.3. The monoisotopic (exact) mass is 390 g/mol. The van der Waals surface area contributed by atoms with Gasteiger partial charge in [0.15, 0.2) is 11.5 Å². The van der Waals surface area contributed by atoms with Crippen LogP contribution in [-0.2, 0) is 9.53 Å². The van der Waals surface area contributed by atoms with Crippen LogP contribution in [0.4, 0.5) is 0 Å². The molecule has 2 atom stereocenters. The third-order valence-electron chi connectivity index (χ3n) is 4.58. The number of hydrogen-bond acceptors (Lipinski definition) is 7.